The van der Waals surface area contributed by atoms with Crippen molar-refractivity contribution in [3.8, 4) is 17.1 Å². The molecule has 28 heavy (non-hydrogen) atoms. The highest BCUT2D eigenvalue weighted by Crippen LogP contribution is 2.27. The molecule has 3 aromatic rings. The third-order valence-electron chi connectivity index (χ3n) is 4.82. The van der Waals surface area contributed by atoms with Gasteiger partial charge < -0.3 is 20.3 Å². The largest absolute Gasteiger partial charge is 0.507 e. The Labute approximate surface area is 163 Å². The number of H-pyrrole nitrogens is 1. The van der Waals surface area contributed by atoms with E-state index in [1.165, 1.54) is 6.07 Å². The zero-order valence-corrected chi connectivity index (χ0v) is 16.0. The smallest absolute Gasteiger partial charge is 0.251 e. The molecule has 3 rings (SSSR count). The van der Waals surface area contributed by atoms with Crippen molar-refractivity contribution in [2.45, 2.75) is 13.8 Å². The molecule has 0 aliphatic carbocycles. The second-order valence-electron chi connectivity index (χ2n) is 6.46. The number of aldehydes is 1. The first kappa shape index (κ1) is 19.6. The van der Waals surface area contributed by atoms with Gasteiger partial charge in [0.2, 0.25) is 0 Å². The van der Waals surface area contributed by atoms with Crippen molar-refractivity contribution < 1.29 is 14.7 Å². The second kappa shape index (κ2) is 8.67. The highest BCUT2D eigenvalue weighted by atomic mass is 16.3. The maximum Gasteiger partial charge on any atom is 0.251 e. The summed E-state index contributed by atoms with van der Waals surface area (Å²) in [5.41, 5.74) is 2.62. The third-order valence-corrected chi connectivity index (χ3v) is 4.82. The van der Waals surface area contributed by atoms with E-state index in [2.05, 4.69) is 34.0 Å². The van der Waals surface area contributed by atoms with Gasteiger partial charge in [0.05, 0.1) is 16.6 Å². The van der Waals surface area contributed by atoms with E-state index >= 15 is 0 Å². The molecule has 1 aromatic heterocycles. The Morgan fingerprint density at radius 3 is 2.54 bits per heavy atom. The van der Waals surface area contributed by atoms with E-state index < -0.39 is 0 Å². The lowest BCUT2D eigenvalue weighted by atomic mass is 10.1. The maximum absolute atomic E-state index is 12.3. The molecule has 0 aliphatic rings. The average Bonchev–Trinajstić information content (AvgIpc) is 3.15. The number of hydrogen-bond donors (Lipinski definition) is 3. The number of rotatable bonds is 8. The number of nitrogens with one attached hydrogen (secondary N) is 2. The SMILES string of the molecule is CCN(CC)CCNC(=O)c1ccc(-c2nc3ccc(O)c(C=O)c3[nH]2)cc1. The Morgan fingerprint density at radius 1 is 1.18 bits per heavy atom. The van der Waals surface area contributed by atoms with Crippen LogP contribution in [0.2, 0.25) is 0 Å². The lowest BCUT2D eigenvalue weighted by Gasteiger charge is -2.17. The molecule has 2 aromatic carbocycles. The van der Waals surface area contributed by atoms with Crippen LogP contribution >= 0.6 is 0 Å². The van der Waals surface area contributed by atoms with Gasteiger partial charge >= 0.3 is 0 Å². The van der Waals surface area contributed by atoms with E-state index in [-0.39, 0.29) is 17.2 Å². The van der Waals surface area contributed by atoms with E-state index in [1.54, 1.807) is 30.3 Å². The first-order chi connectivity index (χ1) is 13.6. The number of amides is 1. The van der Waals surface area contributed by atoms with Crippen LogP contribution in [-0.4, -0.2) is 58.3 Å². The average molecular weight is 380 g/mol. The number of hydrogen-bond acceptors (Lipinski definition) is 5. The summed E-state index contributed by atoms with van der Waals surface area (Å²) >= 11 is 0. The highest BCUT2D eigenvalue weighted by molar-refractivity contribution is 5.98. The molecule has 1 amide bonds. The second-order valence-corrected chi connectivity index (χ2v) is 6.46. The Kier molecular flexibility index (Phi) is 6.06. The molecule has 3 N–H and O–H groups in total. The summed E-state index contributed by atoms with van der Waals surface area (Å²) in [4.78, 5) is 33.3. The fourth-order valence-electron chi connectivity index (χ4n) is 3.09. The Bertz CT molecular complexity index is 975. The van der Waals surface area contributed by atoms with Crippen molar-refractivity contribution in [2.75, 3.05) is 26.2 Å². The minimum Gasteiger partial charge on any atom is -0.507 e. The summed E-state index contributed by atoms with van der Waals surface area (Å²) < 4.78 is 0. The summed E-state index contributed by atoms with van der Waals surface area (Å²) in [6.45, 7) is 7.54. The number of phenols is 1. The van der Waals surface area contributed by atoms with Gasteiger partial charge in [-0.2, -0.15) is 0 Å². The topological polar surface area (TPSA) is 98.3 Å². The molecule has 0 fully saturated rings. The third kappa shape index (κ3) is 4.04. The fourth-order valence-corrected chi connectivity index (χ4v) is 3.09. The molecule has 0 saturated carbocycles. The number of nitrogens with zero attached hydrogens (tertiary/aromatic N) is 2. The molecule has 146 valence electrons. The monoisotopic (exact) mass is 380 g/mol. The van der Waals surface area contributed by atoms with Gasteiger partial charge in [0.15, 0.2) is 6.29 Å². The number of fused-ring (bicyclic) bond motifs is 1. The Morgan fingerprint density at radius 2 is 1.89 bits per heavy atom. The zero-order valence-electron chi connectivity index (χ0n) is 16.0. The standard InChI is InChI=1S/C21H24N4O3/c1-3-25(4-2)12-11-22-21(28)15-7-5-14(6-8-15)20-23-17-9-10-18(27)16(13-26)19(17)24-20/h5-10,13,27H,3-4,11-12H2,1-2H3,(H,22,28)(H,23,24). The molecule has 1 heterocycles. The zero-order chi connectivity index (χ0) is 20.1. The first-order valence-corrected chi connectivity index (χ1v) is 9.35. The molecule has 0 radical (unpaired) electrons. The van der Waals surface area contributed by atoms with Gasteiger partial charge in [0.25, 0.3) is 5.91 Å². The Hall–Kier alpha value is -3.19. The fraction of sp³-hybridized carbons (Fsp3) is 0.286. The van der Waals surface area contributed by atoms with Crippen molar-refractivity contribution in [3.05, 3.63) is 47.5 Å². The van der Waals surface area contributed by atoms with Crippen LogP contribution in [0.4, 0.5) is 0 Å². The summed E-state index contributed by atoms with van der Waals surface area (Å²) in [5.74, 6) is 0.364. The quantitative estimate of drug-likeness (QED) is 0.522. The van der Waals surface area contributed by atoms with E-state index in [0.29, 0.717) is 35.3 Å². The van der Waals surface area contributed by atoms with Crippen LogP contribution in [0.5, 0.6) is 5.75 Å². The number of carbonyl (C=O) groups is 2. The van der Waals surface area contributed by atoms with Gasteiger partial charge in [-0.05, 0) is 37.4 Å². The summed E-state index contributed by atoms with van der Waals surface area (Å²) in [7, 11) is 0. The summed E-state index contributed by atoms with van der Waals surface area (Å²) in [5, 5.41) is 12.7. The van der Waals surface area contributed by atoms with E-state index in [4.69, 9.17) is 0 Å². The normalized spacial score (nSPS) is 11.1. The number of phenolic OH excluding ortho intramolecular Hbond substituents is 1. The van der Waals surface area contributed by atoms with Gasteiger partial charge in [0, 0.05) is 24.2 Å². The maximum atomic E-state index is 12.3. The van der Waals surface area contributed by atoms with Crippen molar-refractivity contribution in [3.63, 3.8) is 0 Å². The molecule has 7 heteroatoms. The van der Waals surface area contributed by atoms with Gasteiger partial charge in [0.1, 0.15) is 11.6 Å². The number of aromatic hydroxyl groups is 1. The molecule has 0 unspecified atom stereocenters. The van der Waals surface area contributed by atoms with Gasteiger partial charge in [-0.15, -0.1) is 0 Å². The van der Waals surface area contributed by atoms with Crippen LogP contribution in [0.15, 0.2) is 36.4 Å². The minimum atomic E-state index is -0.114. The molecule has 0 spiro atoms. The highest BCUT2D eigenvalue weighted by Gasteiger charge is 2.13. The number of likely N-dealkylation sites (N-methyl/N-ethyl adjacent to an activating group) is 1. The van der Waals surface area contributed by atoms with Crippen LogP contribution < -0.4 is 5.32 Å². The van der Waals surface area contributed by atoms with Crippen molar-refractivity contribution in [2.24, 2.45) is 0 Å². The molecule has 0 atom stereocenters. The van der Waals surface area contributed by atoms with E-state index in [9.17, 15) is 14.7 Å². The first-order valence-electron chi connectivity index (χ1n) is 9.35. The molecule has 0 saturated heterocycles. The van der Waals surface area contributed by atoms with Gasteiger partial charge in [-0.25, -0.2) is 4.98 Å². The molecule has 0 bridgehead atoms. The molecular weight excluding hydrogens is 356 g/mol. The Balaban J connectivity index is 1.73. The lowest BCUT2D eigenvalue weighted by Crippen LogP contribution is -2.34. The number of imidazole rings is 1. The van der Waals surface area contributed by atoms with E-state index in [0.717, 1.165) is 25.2 Å². The summed E-state index contributed by atoms with van der Waals surface area (Å²) in [6.07, 6.45) is 0.602. The van der Waals surface area contributed by atoms with Crippen LogP contribution in [0.25, 0.3) is 22.4 Å². The minimum absolute atomic E-state index is 0.0885. The predicted molar refractivity (Wildman–Crippen MR) is 109 cm³/mol. The van der Waals surface area contributed by atoms with E-state index in [1.807, 2.05) is 0 Å². The van der Waals surface area contributed by atoms with Crippen LogP contribution in [0.1, 0.15) is 34.6 Å². The van der Waals surface area contributed by atoms with Crippen LogP contribution in [-0.2, 0) is 0 Å². The lowest BCUT2D eigenvalue weighted by molar-refractivity contribution is 0.0948. The number of carbonyl (C=O) groups excluding carboxylic acids is 2. The predicted octanol–water partition coefficient (Wildman–Crippen LogP) is 2.82. The van der Waals surface area contributed by atoms with Crippen molar-refractivity contribution >= 4 is 23.2 Å². The van der Waals surface area contributed by atoms with Gasteiger partial charge in [-0.1, -0.05) is 26.0 Å². The number of aromatic nitrogens is 2. The molecule has 7 nitrogen and oxygen atoms in total. The number of aromatic amines is 1. The molecular formula is C21H24N4O3. The van der Waals surface area contributed by atoms with Crippen LogP contribution in [0.3, 0.4) is 0 Å². The van der Waals surface area contributed by atoms with Gasteiger partial charge in [-0.3, -0.25) is 9.59 Å². The molecule has 0 aliphatic heterocycles. The van der Waals surface area contributed by atoms with Crippen molar-refractivity contribution in [1.82, 2.24) is 20.2 Å². The summed E-state index contributed by atoms with van der Waals surface area (Å²) in [6, 6.07) is 10.2. The van der Waals surface area contributed by atoms with Crippen molar-refractivity contribution in [1.29, 1.82) is 0 Å². The van der Waals surface area contributed by atoms with Crippen LogP contribution in [0, 0.1) is 0 Å². The number of benzene rings is 2.